The summed E-state index contributed by atoms with van der Waals surface area (Å²) in [6.07, 6.45) is 3.72. The van der Waals surface area contributed by atoms with Gasteiger partial charge in [-0.2, -0.15) is 0 Å². The average molecular weight is 622 g/mol. The van der Waals surface area contributed by atoms with E-state index in [2.05, 4.69) is 181 Å². The number of nitrogens with one attached hydrogen (secondary N) is 1. The van der Waals surface area contributed by atoms with Crippen LogP contribution >= 0.6 is 0 Å². The molecule has 0 saturated carbocycles. The van der Waals surface area contributed by atoms with Crippen molar-refractivity contribution in [1.82, 2.24) is 9.97 Å². The maximum absolute atomic E-state index is 4.83. The van der Waals surface area contributed by atoms with E-state index in [1.807, 2.05) is 12.4 Å². The molecular weight excluding hydrogens is 587 g/mol. The van der Waals surface area contributed by atoms with Crippen molar-refractivity contribution < 1.29 is 0 Å². The number of fused-ring (bicyclic) bond motifs is 1. The molecule has 1 aliphatic heterocycles. The lowest BCUT2D eigenvalue weighted by Crippen LogP contribution is -2.23. The fraction of sp³-hybridized carbons (Fsp3) is 0.0698. The highest BCUT2D eigenvalue weighted by Crippen LogP contribution is 2.46. The monoisotopic (exact) mass is 621 g/mol. The highest BCUT2D eigenvalue weighted by molar-refractivity contribution is 5.83. The van der Waals surface area contributed by atoms with Gasteiger partial charge in [-0.3, -0.25) is 9.97 Å². The minimum Gasteiger partial charge on any atom is -0.359 e. The summed E-state index contributed by atoms with van der Waals surface area (Å²) < 4.78 is 0. The number of hydrogen-bond acceptors (Lipinski definition) is 5. The van der Waals surface area contributed by atoms with E-state index in [1.165, 1.54) is 22.4 Å². The van der Waals surface area contributed by atoms with Crippen molar-refractivity contribution in [2.45, 2.75) is 20.0 Å². The van der Waals surface area contributed by atoms with Gasteiger partial charge >= 0.3 is 0 Å². The van der Waals surface area contributed by atoms with Gasteiger partial charge < -0.3 is 15.1 Å². The van der Waals surface area contributed by atoms with Crippen LogP contribution in [0, 0.1) is 13.8 Å². The summed E-state index contributed by atoms with van der Waals surface area (Å²) in [6.45, 7) is 4.31. The van der Waals surface area contributed by atoms with E-state index >= 15 is 0 Å². The highest BCUT2D eigenvalue weighted by Gasteiger charge is 2.30. The lowest BCUT2D eigenvalue weighted by molar-refractivity contribution is 0.828. The zero-order valence-electron chi connectivity index (χ0n) is 27.0. The third-order valence-electron chi connectivity index (χ3n) is 9.06. The summed E-state index contributed by atoms with van der Waals surface area (Å²) in [5.74, 6) is 0. The number of hydrogen-bond donors (Lipinski definition) is 1. The van der Waals surface area contributed by atoms with Crippen molar-refractivity contribution in [3.05, 3.63) is 181 Å². The molecule has 5 nitrogen and oxygen atoms in total. The van der Waals surface area contributed by atoms with Crippen molar-refractivity contribution in [2.75, 3.05) is 15.1 Å². The third kappa shape index (κ3) is 5.46. The Labute approximate surface area is 281 Å². The standard InChI is InChI=1S/C43H35N5/c1-30-12-6-9-17-40(30)47(41-18-10-7-13-31(41)2)36-26-24-33(25-27-36)39-29-44-38(28-45-39)32-20-22-34(23-21-32)43-46-37-16-8-11-19-42(37)48(43)35-14-4-3-5-15-35/h3-29,43,46H,1-2H3. The SMILES string of the molecule is Cc1ccccc1N(c1ccc(-c2cnc(-c3ccc(C4Nc5ccccc5N4c4ccccc4)cc3)cn2)cc1)c1ccccc1C. The molecule has 1 aliphatic rings. The molecular formula is C43H35N5. The van der Waals surface area contributed by atoms with Gasteiger partial charge in [0, 0.05) is 33.9 Å². The van der Waals surface area contributed by atoms with Gasteiger partial charge in [0.25, 0.3) is 0 Å². The Morgan fingerprint density at radius 1 is 0.542 bits per heavy atom. The Kier molecular flexibility index (Phi) is 7.63. The predicted octanol–water partition coefficient (Wildman–Crippen LogP) is 11.2. The number of benzene rings is 6. The summed E-state index contributed by atoms with van der Waals surface area (Å²) in [4.78, 5) is 14.3. The first-order valence-corrected chi connectivity index (χ1v) is 16.3. The topological polar surface area (TPSA) is 44.3 Å². The van der Waals surface area contributed by atoms with Gasteiger partial charge in [0.2, 0.25) is 0 Å². The molecule has 2 heterocycles. The van der Waals surface area contributed by atoms with Crippen LogP contribution in [0.2, 0.25) is 0 Å². The molecule has 1 unspecified atom stereocenters. The summed E-state index contributed by atoms with van der Waals surface area (Å²) in [5, 5.41) is 3.71. The molecule has 232 valence electrons. The Bertz CT molecular complexity index is 2130. The van der Waals surface area contributed by atoms with Crippen molar-refractivity contribution in [3.8, 4) is 22.5 Å². The largest absolute Gasteiger partial charge is 0.359 e. The number of anilines is 6. The van der Waals surface area contributed by atoms with Crippen LogP contribution < -0.4 is 15.1 Å². The molecule has 0 amide bonds. The fourth-order valence-corrected chi connectivity index (χ4v) is 6.55. The van der Waals surface area contributed by atoms with Crippen molar-refractivity contribution in [1.29, 1.82) is 0 Å². The average Bonchev–Trinajstić information content (AvgIpc) is 3.54. The minimum atomic E-state index is -0.0113. The van der Waals surface area contributed by atoms with Gasteiger partial charge in [-0.05, 0) is 79.1 Å². The lowest BCUT2D eigenvalue weighted by Gasteiger charge is -2.28. The van der Waals surface area contributed by atoms with Crippen LogP contribution in [0.15, 0.2) is 164 Å². The summed E-state index contributed by atoms with van der Waals surface area (Å²) >= 11 is 0. The van der Waals surface area contributed by atoms with Gasteiger partial charge in [-0.25, -0.2) is 0 Å². The van der Waals surface area contributed by atoms with Crippen molar-refractivity contribution >= 4 is 34.1 Å². The summed E-state index contributed by atoms with van der Waals surface area (Å²) in [5.41, 5.74) is 14.2. The first kappa shape index (κ1) is 29.2. The van der Waals surface area contributed by atoms with Crippen molar-refractivity contribution in [2.24, 2.45) is 0 Å². The molecule has 6 aromatic carbocycles. The van der Waals surface area contributed by atoms with Gasteiger partial charge in [-0.1, -0.05) is 103 Å². The van der Waals surface area contributed by atoms with Gasteiger partial charge in [-0.15, -0.1) is 0 Å². The van der Waals surface area contributed by atoms with Crippen LogP contribution in [0.5, 0.6) is 0 Å². The normalized spacial score (nSPS) is 13.5. The predicted molar refractivity (Wildman–Crippen MR) is 198 cm³/mol. The van der Waals surface area contributed by atoms with Crippen molar-refractivity contribution in [3.63, 3.8) is 0 Å². The second kappa shape index (κ2) is 12.5. The molecule has 0 bridgehead atoms. The third-order valence-corrected chi connectivity index (χ3v) is 9.06. The molecule has 1 atom stereocenters. The zero-order chi connectivity index (χ0) is 32.5. The second-order valence-corrected chi connectivity index (χ2v) is 12.1. The van der Waals surface area contributed by atoms with Crippen LogP contribution in [-0.2, 0) is 0 Å². The van der Waals surface area contributed by atoms with Crippen LogP contribution in [0.4, 0.5) is 34.1 Å². The molecule has 1 aromatic heterocycles. The smallest absolute Gasteiger partial charge is 0.130 e. The lowest BCUT2D eigenvalue weighted by atomic mass is 10.1. The Balaban J connectivity index is 1.03. The molecule has 7 aromatic rings. The van der Waals surface area contributed by atoms with E-state index in [9.17, 15) is 0 Å². The Hall–Kier alpha value is -6.20. The van der Waals surface area contributed by atoms with Gasteiger partial charge in [0.1, 0.15) is 6.17 Å². The number of para-hydroxylation sites is 5. The molecule has 5 heteroatoms. The molecule has 0 saturated heterocycles. The highest BCUT2D eigenvalue weighted by atomic mass is 15.3. The van der Waals surface area contributed by atoms with E-state index in [1.54, 1.807) is 0 Å². The van der Waals surface area contributed by atoms with Gasteiger partial charge in [0.15, 0.2) is 0 Å². The van der Waals surface area contributed by atoms with E-state index in [-0.39, 0.29) is 6.17 Å². The van der Waals surface area contributed by atoms with Crippen LogP contribution in [-0.4, -0.2) is 9.97 Å². The molecule has 0 radical (unpaired) electrons. The Morgan fingerprint density at radius 2 is 1.06 bits per heavy atom. The first-order chi connectivity index (χ1) is 23.6. The Morgan fingerprint density at radius 3 is 1.65 bits per heavy atom. The number of nitrogens with zero attached hydrogens (tertiary/aromatic N) is 4. The maximum Gasteiger partial charge on any atom is 0.130 e. The minimum absolute atomic E-state index is 0.0113. The summed E-state index contributed by atoms with van der Waals surface area (Å²) in [6, 6.07) is 53.2. The number of aromatic nitrogens is 2. The fourth-order valence-electron chi connectivity index (χ4n) is 6.55. The summed E-state index contributed by atoms with van der Waals surface area (Å²) in [7, 11) is 0. The maximum atomic E-state index is 4.83. The zero-order valence-corrected chi connectivity index (χ0v) is 27.0. The molecule has 0 aliphatic carbocycles. The van der Waals surface area contributed by atoms with Crippen LogP contribution in [0.1, 0.15) is 22.9 Å². The molecule has 0 fully saturated rings. The van der Waals surface area contributed by atoms with Crippen LogP contribution in [0.3, 0.4) is 0 Å². The van der Waals surface area contributed by atoms with E-state index < -0.39 is 0 Å². The first-order valence-electron chi connectivity index (χ1n) is 16.3. The quantitative estimate of drug-likeness (QED) is 0.192. The number of aryl methyl sites for hydroxylation is 2. The molecule has 8 rings (SSSR count). The molecule has 48 heavy (non-hydrogen) atoms. The second-order valence-electron chi connectivity index (χ2n) is 12.1. The van der Waals surface area contributed by atoms with E-state index in [4.69, 9.17) is 9.97 Å². The van der Waals surface area contributed by atoms with Gasteiger partial charge in [0.05, 0.1) is 35.2 Å². The molecule has 0 spiro atoms. The van der Waals surface area contributed by atoms with Crippen LogP contribution in [0.25, 0.3) is 22.5 Å². The van der Waals surface area contributed by atoms with E-state index in [0.717, 1.165) is 51.0 Å². The number of rotatable bonds is 7. The van der Waals surface area contributed by atoms with E-state index in [0.29, 0.717) is 0 Å². The molecule has 1 N–H and O–H groups in total.